The Morgan fingerprint density at radius 3 is 2.00 bits per heavy atom. The molecule has 0 unspecified atom stereocenters. The molecule has 1 amide bonds. The summed E-state index contributed by atoms with van der Waals surface area (Å²) in [5.74, 6) is 0.112. The van der Waals surface area contributed by atoms with Crippen molar-refractivity contribution in [2.45, 2.75) is 0 Å². The molecule has 0 aromatic carbocycles. The largest absolute Gasteiger partial charge is 0.376 e. The fourth-order valence-electron chi connectivity index (χ4n) is 1.39. The molecule has 0 radical (unpaired) electrons. The van der Waals surface area contributed by atoms with Crippen molar-refractivity contribution in [3.8, 4) is 0 Å². The number of hydrogen-bond donors (Lipinski definition) is 3. The Labute approximate surface area is 121 Å². The predicted octanol–water partition coefficient (Wildman–Crippen LogP) is -1.84. The van der Waals surface area contributed by atoms with Gasteiger partial charge in [0.1, 0.15) is 26.9 Å². The van der Waals surface area contributed by atoms with Gasteiger partial charge in [-0.25, -0.2) is 0 Å². The van der Waals surface area contributed by atoms with E-state index < -0.39 is 13.5 Å². The lowest BCUT2D eigenvalue weighted by Gasteiger charge is -2.23. The lowest BCUT2D eigenvalue weighted by Crippen LogP contribution is -2.32. The second-order valence-electron chi connectivity index (χ2n) is 3.72. The highest BCUT2D eigenvalue weighted by atomic mass is 16.5. The molecule has 0 aliphatic rings. The fourth-order valence-corrected chi connectivity index (χ4v) is 1.39. The predicted molar refractivity (Wildman–Crippen MR) is 72.4 cm³/mol. The third-order valence-electron chi connectivity index (χ3n) is 2.28. The van der Waals surface area contributed by atoms with E-state index in [9.17, 15) is 4.79 Å². The van der Waals surface area contributed by atoms with Crippen LogP contribution in [0.15, 0.2) is 0 Å². The van der Waals surface area contributed by atoms with Gasteiger partial charge in [0.25, 0.3) is 0 Å². The maximum Gasteiger partial charge on any atom is 0.235 e. The van der Waals surface area contributed by atoms with E-state index >= 15 is 0 Å². The quantitative estimate of drug-likeness (QED) is 0.334. The SMILES string of the molecule is COCN(COC)c1nc(NC=O)nc(N(CO)CO)n1. The molecule has 0 saturated carbocycles. The third kappa shape index (κ3) is 4.75. The molecular weight excluding hydrogens is 284 g/mol. The van der Waals surface area contributed by atoms with E-state index in [1.165, 1.54) is 19.1 Å². The van der Waals surface area contributed by atoms with Crippen molar-refractivity contribution < 1.29 is 24.5 Å². The van der Waals surface area contributed by atoms with Gasteiger partial charge in [0.2, 0.25) is 24.3 Å². The van der Waals surface area contributed by atoms with Crippen LogP contribution in [0.1, 0.15) is 0 Å². The van der Waals surface area contributed by atoms with Crippen LogP contribution in [0.4, 0.5) is 17.8 Å². The van der Waals surface area contributed by atoms with Gasteiger partial charge in [-0.05, 0) is 0 Å². The van der Waals surface area contributed by atoms with Crippen LogP contribution in [-0.4, -0.2) is 72.7 Å². The monoisotopic (exact) mass is 302 g/mol. The zero-order valence-corrected chi connectivity index (χ0v) is 11.8. The number of carbonyl (C=O) groups is 1. The zero-order chi connectivity index (χ0) is 15.7. The number of aliphatic hydroxyl groups excluding tert-OH is 2. The Hall–Kier alpha value is -2.08. The molecule has 0 aliphatic carbocycles. The van der Waals surface area contributed by atoms with E-state index in [2.05, 4.69) is 20.3 Å². The van der Waals surface area contributed by atoms with Gasteiger partial charge in [-0.3, -0.25) is 19.9 Å². The summed E-state index contributed by atoms with van der Waals surface area (Å²) in [6.07, 6.45) is 0.405. The number of hydrogen-bond acceptors (Lipinski definition) is 10. The lowest BCUT2D eigenvalue weighted by molar-refractivity contribution is -0.105. The average Bonchev–Trinajstić information content (AvgIpc) is 2.48. The standard InChI is InChI=1S/C10H18N6O5/c1-20-6-16(7-21-2)10-13-8(11-3-17)12-9(14-10)15(4-18)5-19/h3,18-19H,4-7H2,1-2H3,(H,11,12,13,14,17). The van der Waals surface area contributed by atoms with Gasteiger partial charge in [0.05, 0.1) is 0 Å². The minimum atomic E-state index is -0.505. The van der Waals surface area contributed by atoms with Crippen molar-refractivity contribution in [1.82, 2.24) is 15.0 Å². The van der Waals surface area contributed by atoms with Gasteiger partial charge < -0.3 is 19.7 Å². The molecule has 0 fully saturated rings. The van der Waals surface area contributed by atoms with E-state index in [-0.39, 0.29) is 31.3 Å². The maximum absolute atomic E-state index is 10.5. The highest BCUT2D eigenvalue weighted by Crippen LogP contribution is 2.16. The Morgan fingerprint density at radius 1 is 1.05 bits per heavy atom. The molecule has 11 heteroatoms. The molecule has 118 valence electrons. The molecule has 1 aromatic rings. The molecule has 21 heavy (non-hydrogen) atoms. The first-order valence-corrected chi connectivity index (χ1v) is 5.85. The molecule has 3 N–H and O–H groups in total. The van der Waals surface area contributed by atoms with Crippen molar-refractivity contribution in [3.05, 3.63) is 0 Å². The number of carbonyl (C=O) groups excluding carboxylic acids is 1. The summed E-state index contributed by atoms with van der Waals surface area (Å²) in [5.41, 5.74) is 0. The smallest absolute Gasteiger partial charge is 0.235 e. The van der Waals surface area contributed by atoms with Crippen molar-refractivity contribution in [2.24, 2.45) is 0 Å². The van der Waals surface area contributed by atoms with Gasteiger partial charge in [0, 0.05) is 14.2 Å². The number of rotatable bonds is 10. The normalized spacial score (nSPS) is 10.3. The number of amides is 1. The number of ether oxygens (including phenoxy) is 2. The molecule has 0 bridgehead atoms. The Bertz CT molecular complexity index is 438. The Kier molecular flexibility index (Phi) is 7.25. The number of methoxy groups -OCH3 is 2. The topological polar surface area (TPSA) is 133 Å². The summed E-state index contributed by atoms with van der Waals surface area (Å²) in [7, 11) is 2.98. The fraction of sp³-hybridized carbons (Fsp3) is 0.600. The highest BCUT2D eigenvalue weighted by molar-refractivity contribution is 5.67. The van der Waals surface area contributed by atoms with Crippen molar-refractivity contribution in [1.29, 1.82) is 0 Å². The molecular formula is C10H18N6O5. The molecule has 0 aliphatic heterocycles. The molecule has 0 saturated heterocycles. The van der Waals surface area contributed by atoms with Crippen LogP contribution in [0.2, 0.25) is 0 Å². The molecule has 11 nitrogen and oxygen atoms in total. The average molecular weight is 302 g/mol. The van der Waals surface area contributed by atoms with Gasteiger partial charge in [-0.2, -0.15) is 15.0 Å². The number of anilines is 3. The van der Waals surface area contributed by atoms with Crippen LogP contribution in [0.3, 0.4) is 0 Å². The van der Waals surface area contributed by atoms with Crippen LogP contribution >= 0.6 is 0 Å². The minimum absolute atomic E-state index is 0.00782. The maximum atomic E-state index is 10.5. The summed E-state index contributed by atoms with van der Waals surface area (Å²) in [6.45, 7) is -0.740. The summed E-state index contributed by atoms with van der Waals surface area (Å²) in [6, 6.07) is 0. The van der Waals surface area contributed by atoms with Gasteiger partial charge in [-0.15, -0.1) is 0 Å². The first-order valence-electron chi connectivity index (χ1n) is 5.85. The minimum Gasteiger partial charge on any atom is -0.376 e. The Balaban J connectivity index is 3.18. The second kappa shape index (κ2) is 8.97. The molecule has 0 spiro atoms. The first-order chi connectivity index (χ1) is 10.2. The summed E-state index contributed by atoms with van der Waals surface area (Å²) >= 11 is 0. The number of aromatic nitrogens is 3. The molecule has 0 atom stereocenters. The molecule has 1 rings (SSSR count). The summed E-state index contributed by atoms with van der Waals surface area (Å²) < 4.78 is 10.0. The van der Waals surface area contributed by atoms with E-state index in [1.54, 1.807) is 0 Å². The van der Waals surface area contributed by atoms with Gasteiger partial charge in [0.15, 0.2) is 0 Å². The van der Waals surface area contributed by atoms with E-state index in [4.69, 9.17) is 19.7 Å². The number of aliphatic hydroxyl groups is 2. The number of nitrogens with zero attached hydrogens (tertiary/aromatic N) is 5. The van der Waals surface area contributed by atoms with Crippen molar-refractivity contribution in [3.63, 3.8) is 0 Å². The summed E-state index contributed by atoms with van der Waals surface area (Å²) in [5, 5.41) is 20.6. The van der Waals surface area contributed by atoms with Crippen molar-refractivity contribution >= 4 is 24.3 Å². The van der Waals surface area contributed by atoms with E-state index in [0.717, 1.165) is 4.90 Å². The Morgan fingerprint density at radius 2 is 1.57 bits per heavy atom. The molecule has 1 aromatic heterocycles. The third-order valence-corrected chi connectivity index (χ3v) is 2.28. The number of nitrogens with one attached hydrogen (secondary N) is 1. The van der Waals surface area contributed by atoms with E-state index in [1.807, 2.05) is 0 Å². The van der Waals surface area contributed by atoms with Crippen LogP contribution in [0.25, 0.3) is 0 Å². The van der Waals surface area contributed by atoms with Crippen molar-refractivity contribution in [2.75, 3.05) is 56.3 Å². The zero-order valence-electron chi connectivity index (χ0n) is 11.8. The van der Waals surface area contributed by atoms with Gasteiger partial charge >= 0.3 is 0 Å². The van der Waals surface area contributed by atoms with Gasteiger partial charge in [-0.1, -0.05) is 0 Å². The van der Waals surface area contributed by atoms with Crippen LogP contribution < -0.4 is 15.1 Å². The van der Waals surface area contributed by atoms with Crippen LogP contribution in [0.5, 0.6) is 0 Å². The summed E-state index contributed by atoms with van der Waals surface area (Å²) in [4.78, 5) is 25.1. The lowest BCUT2D eigenvalue weighted by atomic mass is 10.7. The second-order valence-corrected chi connectivity index (χ2v) is 3.72. The highest BCUT2D eigenvalue weighted by Gasteiger charge is 2.16. The molecule has 1 heterocycles. The van der Waals surface area contributed by atoms with E-state index in [0.29, 0.717) is 6.41 Å². The van der Waals surface area contributed by atoms with Crippen LogP contribution in [-0.2, 0) is 14.3 Å². The first kappa shape index (κ1) is 17.0. The van der Waals surface area contributed by atoms with Crippen LogP contribution in [0, 0.1) is 0 Å².